The van der Waals surface area contributed by atoms with Crippen molar-refractivity contribution >= 4 is 216 Å². The molecule has 0 amide bonds. The highest BCUT2D eigenvalue weighted by Crippen LogP contribution is 2.49. The molecule has 16 nitrogen and oxygen atoms in total. The van der Waals surface area contributed by atoms with Crippen molar-refractivity contribution in [3.05, 3.63) is 449 Å². The molecule has 32 aromatic rings. The van der Waals surface area contributed by atoms with Gasteiger partial charge in [-0.25, -0.2) is 15.0 Å². The molecule has 0 saturated heterocycles. The first-order chi connectivity index (χ1) is 72.9. The van der Waals surface area contributed by atoms with Crippen LogP contribution < -0.4 is 0 Å². The Hall–Kier alpha value is -19.5. The maximum absolute atomic E-state index is 6.57. The number of fused-ring (bicyclic) bond motifs is 30. The first-order valence-electron chi connectivity index (χ1n) is 48.8. The summed E-state index contributed by atoms with van der Waals surface area (Å²) in [5.74, 6) is 5.26. The highest BCUT2D eigenvalue weighted by Gasteiger charge is 2.29. The Morgan fingerprint density at radius 3 is 0.776 bits per heavy atom. The molecule has 20 aromatic carbocycles. The molecule has 0 atom stereocenters. The lowest BCUT2D eigenvalue weighted by molar-refractivity contribution is 0.669. The largest absolute Gasteiger partial charge is 0.455 e. The quantitative estimate of drug-likeness (QED) is 0.119. The SMILES string of the molecule is c1ccc(-c2ccc(-c3nc(-c4cccc5c4oc4ccccc45)nc(-n4c5ccccc5c5c6oc7ccccc7c6ccc54)n3)cc2)cc1.c1ccc(-c2ccc(-c3nc(-c4cccc5c4sc4ccccc45)nc(-n4c5ccccc5c5c6oc7ccccc7c6ccc54)n3)cc2)cc1.c1ccc(-c2nc(-c3cccc4c3sc3ccccc34)nc(-n3c4ccccc4c4c5oc6ccccc6c5ccc43)n2)cc1. The summed E-state index contributed by atoms with van der Waals surface area (Å²) in [5, 5.41) is 19.9. The van der Waals surface area contributed by atoms with Gasteiger partial charge in [0, 0.05) is 127 Å². The molecule has 0 saturated carbocycles. The summed E-state index contributed by atoms with van der Waals surface area (Å²) in [5.41, 5.74) is 22.8. The molecular weight excluding hydrogens is 1850 g/mol. The lowest BCUT2D eigenvalue weighted by Crippen LogP contribution is -2.06. The molecule has 0 aliphatic heterocycles. The predicted molar refractivity (Wildman–Crippen MR) is 601 cm³/mol. The molecular formula is C129H74N12O4S2. The van der Waals surface area contributed by atoms with E-state index in [0.29, 0.717) is 52.8 Å². The summed E-state index contributed by atoms with van der Waals surface area (Å²) in [6, 6.07) is 155. The van der Waals surface area contributed by atoms with Crippen LogP contribution in [0.2, 0.25) is 0 Å². The minimum Gasteiger partial charge on any atom is -0.455 e. The number of thiophene rings is 2. The highest BCUT2D eigenvalue weighted by atomic mass is 32.1. The van der Waals surface area contributed by atoms with Crippen LogP contribution in [0.3, 0.4) is 0 Å². The zero-order valence-corrected chi connectivity index (χ0v) is 79.7. The van der Waals surface area contributed by atoms with Crippen LogP contribution in [0, 0.1) is 0 Å². The molecule has 0 aliphatic rings. The van der Waals surface area contributed by atoms with Crippen LogP contribution in [0.15, 0.2) is 467 Å². The van der Waals surface area contributed by atoms with Crippen LogP contribution in [0.5, 0.6) is 0 Å². The van der Waals surface area contributed by atoms with Crippen LogP contribution in [-0.4, -0.2) is 58.6 Å². The van der Waals surface area contributed by atoms with Gasteiger partial charge in [0.1, 0.15) is 44.7 Å². The van der Waals surface area contributed by atoms with Crippen molar-refractivity contribution in [2.24, 2.45) is 0 Å². The fourth-order valence-corrected chi connectivity index (χ4v) is 24.2. The molecule has 18 heteroatoms. The zero-order chi connectivity index (χ0) is 96.4. The van der Waals surface area contributed by atoms with Crippen LogP contribution >= 0.6 is 22.7 Å². The van der Waals surface area contributed by atoms with Crippen molar-refractivity contribution in [2.45, 2.75) is 0 Å². The van der Waals surface area contributed by atoms with Gasteiger partial charge in [-0.3, -0.25) is 13.7 Å². The summed E-state index contributed by atoms with van der Waals surface area (Å²) in [4.78, 5) is 46.7. The molecule has 0 bridgehead atoms. The number of furan rings is 4. The van der Waals surface area contributed by atoms with E-state index >= 15 is 0 Å². The van der Waals surface area contributed by atoms with Gasteiger partial charge in [0.05, 0.1) is 54.8 Å². The van der Waals surface area contributed by atoms with Gasteiger partial charge < -0.3 is 17.7 Å². The number of para-hydroxylation sites is 8. The van der Waals surface area contributed by atoms with E-state index in [0.717, 1.165) is 208 Å². The van der Waals surface area contributed by atoms with Crippen molar-refractivity contribution < 1.29 is 17.7 Å². The molecule has 0 fully saturated rings. The van der Waals surface area contributed by atoms with E-state index in [2.05, 4.69) is 341 Å². The number of rotatable bonds is 11. The van der Waals surface area contributed by atoms with Gasteiger partial charge >= 0.3 is 0 Å². The third-order valence-corrected chi connectivity index (χ3v) is 30.9. The number of benzene rings is 20. The maximum Gasteiger partial charge on any atom is 0.238 e. The normalized spacial score (nSPS) is 11.9. The summed E-state index contributed by atoms with van der Waals surface area (Å²) in [6.45, 7) is 0. The first-order valence-corrected chi connectivity index (χ1v) is 50.4. The van der Waals surface area contributed by atoms with Crippen LogP contribution in [0.1, 0.15) is 0 Å². The molecule has 12 heterocycles. The van der Waals surface area contributed by atoms with Crippen molar-refractivity contribution in [1.29, 1.82) is 0 Å². The van der Waals surface area contributed by atoms with Gasteiger partial charge in [-0.15, -0.1) is 22.7 Å². The van der Waals surface area contributed by atoms with Crippen LogP contribution in [0.4, 0.5) is 0 Å². The summed E-state index contributed by atoms with van der Waals surface area (Å²) >= 11 is 3.55. The van der Waals surface area contributed by atoms with Gasteiger partial charge in [0.25, 0.3) is 0 Å². The van der Waals surface area contributed by atoms with Gasteiger partial charge in [0.2, 0.25) is 17.8 Å². The molecule has 0 aliphatic carbocycles. The summed E-state index contributed by atoms with van der Waals surface area (Å²) < 4.78 is 37.4. The molecule has 0 unspecified atom stereocenters. The lowest BCUT2D eigenvalue weighted by Gasteiger charge is -2.12. The van der Waals surface area contributed by atoms with Gasteiger partial charge in [-0.2, -0.15) is 29.9 Å². The molecule has 147 heavy (non-hydrogen) atoms. The average molecular weight is 1920 g/mol. The molecule has 12 aromatic heterocycles. The maximum atomic E-state index is 6.57. The van der Waals surface area contributed by atoms with Gasteiger partial charge in [-0.1, -0.05) is 340 Å². The molecule has 32 rings (SSSR count). The Balaban J connectivity index is 0.000000102. The third kappa shape index (κ3) is 13.5. The summed E-state index contributed by atoms with van der Waals surface area (Å²) in [7, 11) is 0. The van der Waals surface area contributed by atoms with E-state index in [9.17, 15) is 0 Å². The fraction of sp³-hybridized carbons (Fsp3) is 0. The Labute approximate surface area is 843 Å². The molecule has 0 spiro atoms. The number of aromatic nitrogens is 12. The smallest absolute Gasteiger partial charge is 0.238 e. The number of hydrogen-bond acceptors (Lipinski definition) is 15. The zero-order valence-electron chi connectivity index (χ0n) is 78.0. The van der Waals surface area contributed by atoms with E-state index < -0.39 is 0 Å². The predicted octanol–water partition coefficient (Wildman–Crippen LogP) is 34.6. The topological polar surface area (TPSA) is 183 Å². The van der Waals surface area contributed by atoms with E-state index in [1.54, 1.807) is 22.7 Å². The molecule has 0 N–H and O–H groups in total. The van der Waals surface area contributed by atoms with Crippen molar-refractivity contribution in [3.63, 3.8) is 0 Å². The minimum absolute atomic E-state index is 0.511. The number of hydrogen-bond donors (Lipinski definition) is 0. The van der Waals surface area contributed by atoms with Crippen molar-refractivity contribution in [3.8, 4) is 108 Å². The van der Waals surface area contributed by atoms with Crippen LogP contribution in [0.25, 0.3) is 302 Å². The standard InChI is InChI=1S/C45H26N4O2.C45H26N4OS.C39H22N4OS/c1-2-11-27(12-3-1)28-21-23-29(24-22-28)43-46-44(35-17-10-16-32-30-13-5-8-19-38(30)50-41(32)35)48-45(47-43)49-36-18-7-4-15-34(36)40-37(49)26-25-33-31-14-6-9-20-39(31)51-42(33)40;1-2-11-27(12-3-1)28-21-23-29(24-22-28)43-46-44(35-17-10-16-33-31-14-6-9-20-39(31)51-42(33)35)48-45(47-43)49-36-18-7-4-15-34(36)40-37(49)26-25-32-30-13-5-8-19-38(30)50-41(32)40;1-2-11-23(12-3-1)37-40-38(29-17-10-16-27-25-14-6-9-20-33(25)45-36(27)29)42-39(41-37)43-30-18-7-4-15-28(30)34-31(43)22-21-26-24-13-5-8-19-32(24)44-35(26)34/h2*1-26H;1-22H. The molecule has 0 radical (unpaired) electrons. The van der Waals surface area contributed by atoms with E-state index in [1.165, 1.54) is 41.2 Å². The Bertz CT molecular complexity index is 10600. The van der Waals surface area contributed by atoms with Gasteiger partial charge in [0.15, 0.2) is 34.9 Å². The monoisotopic (exact) mass is 1920 g/mol. The second kappa shape index (κ2) is 33.6. The second-order valence-corrected chi connectivity index (χ2v) is 38.9. The number of nitrogens with zero attached hydrogens (tertiary/aromatic N) is 12. The van der Waals surface area contributed by atoms with Gasteiger partial charge in [-0.05, 0) is 131 Å². The Morgan fingerprint density at radius 2 is 0.408 bits per heavy atom. The van der Waals surface area contributed by atoms with E-state index in [1.807, 2.05) is 121 Å². The van der Waals surface area contributed by atoms with Crippen molar-refractivity contribution in [1.82, 2.24) is 58.6 Å². The lowest BCUT2D eigenvalue weighted by atomic mass is 10.0. The van der Waals surface area contributed by atoms with E-state index in [-0.39, 0.29) is 0 Å². The first kappa shape index (κ1) is 83.3. The van der Waals surface area contributed by atoms with E-state index in [4.69, 9.17) is 62.5 Å². The third-order valence-electron chi connectivity index (χ3n) is 28.5. The fourth-order valence-electron chi connectivity index (χ4n) is 21.7. The Kier molecular flexibility index (Phi) is 19.0. The van der Waals surface area contributed by atoms with Crippen LogP contribution in [-0.2, 0) is 0 Å². The average Bonchev–Trinajstić information content (AvgIpc) is 1.56. The van der Waals surface area contributed by atoms with Crippen molar-refractivity contribution in [2.75, 3.05) is 0 Å². The summed E-state index contributed by atoms with van der Waals surface area (Å²) in [6.07, 6.45) is 0. The molecule has 686 valence electrons. The second-order valence-electron chi connectivity index (χ2n) is 36.8. The highest BCUT2D eigenvalue weighted by molar-refractivity contribution is 7.26. The Morgan fingerprint density at radius 1 is 0.156 bits per heavy atom. The minimum atomic E-state index is 0.511.